The zero-order valence-corrected chi connectivity index (χ0v) is 14.1. The Morgan fingerprint density at radius 3 is 2.30 bits per heavy atom. The predicted molar refractivity (Wildman–Crippen MR) is 88.0 cm³/mol. The lowest BCUT2D eigenvalue weighted by molar-refractivity contribution is -0.145. The summed E-state index contributed by atoms with van der Waals surface area (Å²) < 4.78 is 4.77. The lowest BCUT2D eigenvalue weighted by Crippen LogP contribution is -2.35. The number of hydrogen-bond acceptors (Lipinski definition) is 4. The second-order valence-corrected chi connectivity index (χ2v) is 5.37. The van der Waals surface area contributed by atoms with Crippen LogP contribution in [0.15, 0.2) is 18.2 Å². The Labute approximate surface area is 136 Å². The number of ether oxygens (including phenoxy) is 1. The summed E-state index contributed by atoms with van der Waals surface area (Å²) in [6, 6.07) is 5.75. The highest BCUT2D eigenvalue weighted by Gasteiger charge is 2.15. The maximum atomic E-state index is 12.1. The van der Waals surface area contributed by atoms with Gasteiger partial charge in [0.15, 0.2) is 0 Å². The molecule has 0 spiro atoms. The van der Waals surface area contributed by atoms with Crippen LogP contribution in [0, 0.1) is 13.8 Å². The largest absolute Gasteiger partial charge is 0.466 e. The number of aryl methyl sites for hydroxylation is 2. The number of likely N-dealkylation sites (N-methyl/N-ethyl adjacent to an activating group) is 1. The van der Waals surface area contributed by atoms with Crippen molar-refractivity contribution in [1.82, 2.24) is 4.90 Å². The molecule has 0 atom stereocenters. The number of anilines is 1. The van der Waals surface area contributed by atoms with E-state index in [0.717, 1.165) is 16.8 Å². The van der Waals surface area contributed by atoms with Gasteiger partial charge < -0.3 is 15.0 Å². The van der Waals surface area contributed by atoms with E-state index < -0.39 is 5.97 Å². The van der Waals surface area contributed by atoms with E-state index >= 15 is 0 Å². The summed E-state index contributed by atoms with van der Waals surface area (Å²) in [7, 11) is 1.54. The maximum absolute atomic E-state index is 12.1. The minimum atomic E-state index is -0.408. The van der Waals surface area contributed by atoms with Crippen LogP contribution in [0.2, 0.25) is 0 Å². The summed E-state index contributed by atoms with van der Waals surface area (Å²) in [5, 5.41) is 2.82. The molecule has 0 unspecified atom stereocenters. The van der Waals surface area contributed by atoms with Crippen LogP contribution in [0.5, 0.6) is 0 Å². The summed E-state index contributed by atoms with van der Waals surface area (Å²) in [4.78, 5) is 36.5. The fraction of sp³-hybridized carbons (Fsp3) is 0.471. The molecular weight excluding hydrogens is 296 g/mol. The minimum Gasteiger partial charge on any atom is -0.466 e. The number of para-hydroxylation sites is 1. The van der Waals surface area contributed by atoms with Crippen molar-refractivity contribution in [2.24, 2.45) is 0 Å². The van der Waals surface area contributed by atoms with E-state index in [9.17, 15) is 14.4 Å². The molecule has 0 saturated heterocycles. The van der Waals surface area contributed by atoms with Crippen molar-refractivity contribution in [2.75, 3.05) is 25.5 Å². The van der Waals surface area contributed by atoms with Gasteiger partial charge in [-0.2, -0.15) is 0 Å². The van der Waals surface area contributed by atoms with Gasteiger partial charge in [0.2, 0.25) is 11.8 Å². The first-order valence-electron chi connectivity index (χ1n) is 7.60. The molecule has 0 bridgehead atoms. The van der Waals surface area contributed by atoms with Gasteiger partial charge in [-0.05, 0) is 31.9 Å². The fourth-order valence-corrected chi connectivity index (χ4v) is 2.13. The zero-order valence-electron chi connectivity index (χ0n) is 14.1. The van der Waals surface area contributed by atoms with Gasteiger partial charge in [-0.15, -0.1) is 0 Å². The van der Waals surface area contributed by atoms with Crippen LogP contribution in [-0.2, 0) is 19.1 Å². The predicted octanol–water partition coefficient (Wildman–Crippen LogP) is 2.04. The van der Waals surface area contributed by atoms with E-state index in [2.05, 4.69) is 5.32 Å². The van der Waals surface area contributed by atoms with Crippen LogP contribution in [-0.4, -0.2) is 42.9 Å². The molecule has 2 amide bonds. The highest BCUT2D eigenvalue weighted by molar-refractivity contribution is 5.95. The molecule has 1 aromatic rings. The van der Waals surface area contributed by atoms with E-state index in [1.807, 2.05) is 32.0 Å². The smallest absolute Gasteiger partial charge is 0.306 e. The van der Waals surface area contributed by atoms with Crippen molar-refractivity contribution in [2.45, 2.75) is 33.6 Å². The van der Waals surface area contributed by atoms with Gasteiger partial charge in [-0.25, -0.2) is 0 Å². The quantitative estimate of drug-likeness (QED) is 0.780. The zero-order chi connectivity index (χ0) is 17.4. The van der Waals surface area contributed by atoms with Crippen LogP contribution >= 0.6 is 0 Å². The van der Waals surface area contributed by atoms with Crippen LogP contribution in [0.25, 0.3) is 0 Å². The minimum absolute atomic E-state index is 0.0233. The highest BCUT2D eigenvalue weighted by Crippen LogP contribution is 2.19. The molecule has 0 aliphatic rings. The standard InChI is InChI=1S/C17H24N2O4/c1-5-23-16(22)10-9-15(21)19(4)11-14(20)18-17-12(2)7-6-8-13(17)3/h6-8H,5,9-11H2,1-4H3,(H,18,20). The normalized spacial score (nSPS) is 10.1. The molecule has 0 saturated carbocycles. The number of amides is 2. The molecule has 1 N–H and O–H groups in total. The topological polar surface area (TPSA) is 75.7 Å². The summed E-state index contributed by atoms with van der Waals surface area (Å²) in [5.74, 6) is -0.946. The number of nitrogens with zero attached hydrogens (tertiary/aromatic N) is 1. The molecule has 0 aliphatic carbocycles. The Morgan fingerprint density at radius 2 is 1.74 bits per heavy atom. The number of benzene rings is 1. The van der Waals surface area contributed by atoms with Crippen molar-refractivity contribution in [3.05, 3.63) is 29.3 Å². The summed E-state index contributed by atoms with van der Waals surface area (Å²) >= 11 is 0. The molecule has 6 heteroatoms. The molecule has 1 rings (SSSR count). The second kappa shape index (κ2) is 8.92. The van der Waals surface area contributed by atoms with E-state index in [0.29, 0.717) is 6.61 Å². The Kier molecular flexibility index (Phi) is 7.25. The molecular formula is C17H24N2O4. The average molecular weight is 320 g/mol. The van der Waals surface area contributed by atoms with Gasteiger partial charge in [0.05, 0.1) is 19.6 Å². The Balaban J connectivity index is 2.50. The second-order valence-electron chi connectivity index (χ2n) is 5.37. The van der Waals surface area contributed by atoms with Crippen molar-refractivity contribution >= 4 is 23.5 Å². The fourth-order valence-electron chi connectivity index (χ4n) is 2.13. The van der Waals surface area contributed by atoms with E-state index in [1.54, 1.807) is 6.92 Å². The summed E-state index contributed by atoms with van der Waals surface area (Å²) in [6.07, 6.45) is 0.0571. The SMILES string of the molecule is CCOC(=O)CCC(=O)N(C)CC(=O)Nc1c(C)cccc1C. The Morgan fingerprint density at radius 1 is 1.13 bits per heavy atom. The summed E-state index contributed by atoms with van der Waals surface area (Å²) in [6.45, 7) is 5.77. The highest BCUT2D eigenvalue weighted by atomic mass is 16.5. The van der Waals surface area contributed by atoms with Crippen molar-refractivity contribution < 1.29 is 19.1 Å². The third-order valence-electron chi connectivity index (χ3n) is 3.40. The molecule has 23 heavy (non-hydrogen) atoms. The number of carbonyl (C=O) groups excluding carboxylic acids is 3. The first kappa shape index (κ1) is 18.7. The molecule has 1 aromatic carbocycles. The summed E-state index contributed by atoms with van der Waals surface area (Å²) in [5.41, 5.74) is 2.70. The van der Waals surface area contributed by atoms with Gasteiger partial charge in [-0.1, -0.05) is 18.2 Å². The molecule has 0 aliphatic heterocycles. The molecule has 0 radical (unpaired) electrons. The average Bonchev–Trinajstić information content (AvgIpc) is 2.49. The van der Waals surface area contributed by atoms with Gasteiger partial charge >= 0.3 is 5.97 Å². The third kappa shape index (κ3) is 6.10. The van der Waals surface area contributed by atoms with Gasteiger partial charge in [0, 0.05) is 19.2 Å². The lowest BCUT2D eigenvalue weighted by atomic mass is 10.1. The lowest BCUT2D eigenvalue weighted by Gasteiger charge is -2.18. The molecule has 126 valence electrons. The third-order valence-corrected chi connectivity index (χ3v) is 3.40. The van der Waals surface area contributed by atoms with Crippen LogP contribution in [0.1, 0.15) is 30.9 Å². The van der Waals surface area contributed by atoms with Crippen LogP contribution < -0.4 is 5.32 Å². The van der Waals surface area contributed by atoms with E-state index in [1.165, 1.54) is 11.9 Å². The first-order valence-corrected chi connectivity index (χ1v) is 7.60. The van der Waals surface area contributed by atoms with Crippen molar-refractivity contribution in [3.8, 4) is 0 Å². The van der Waals surface area contributed by atoms with E-state index in [-0.39, 0.29) is 31.2 Å². The maximum Gasteiger partial charge on any atom is 0.306 e. The number of esters is 1. The van der Waals surface area contributed by atoms with Crippen LogP contribution in [0.4, 0.5) is 5.69 Å². The van der Waals surface area contributed by atoms with E-state index in [4.69, 9.17) is 4.74 Å². The monoisotopic (exact) mass is 320 g/mol. The molecule has 0 fully saturated rings. The first-order chi connectivity index (χ1) is 10.8. The van der Waals surface area contributed by atoms with Crippen molar-refractivity contribution in [1.29, 1.82) is 0 Å². The van der Waals surface area contributed by atoms with Gasteiger partial charge in [0.1, 0.15) is 0 Å². The number of carbonyl (C=O) groups is 3. The Bertz CT molecular complexity index is 564. The molecule has 6 nitrogen and oxygen atoms in total. The Hall–Kier alpha value is -2.37. The van der Waals surface area contributed by atoms with Gasteiger partial charge in [-0.3, -0.25) is 14.4 Å². The van der Waals surface area contributed by atoms with Gasteiger partial charge in [0.25, 0.3) is 0 Å². The molecule has 0 aromatic heterocycles. The number of hydrogen-bond donors (Lipinski definition) is 1. The van der Waals surface area contributed by atoms with Crippen LogP contribution in [0.3, 0.4) is 0 Å². The molecule has 0 heterocycles. The number of nitrogens with one attached hydrogen (secondary N) is 1. The number of rotatable bonds is 7. The van der Waals surface area contributed by atoms with Crippen molar-refractivity contribution in [3.63, 3.8) is 0 Å².